The molecule has 0 spiro atoms. The van der Waals surface area contributed by atoms with Gasteiger partial charge in [-0.1, -0.05) is 0 Å². The standard InChI is InChI=1S/C13H25N3O/c1-13(15,12(14)17)7-2-8-16(11-5-6-11)9-10-3-4-10/h10-11H,2-9,15H2,1H3,(H2,14,17). The molecule has 4 heteroatoms. The normalized spacial score (nSPS) is 23.7. The average Bonchev–Trinajstić information content (AvgIpc) is 3.10. The van der Waals surface area contributed by atoms with Crippen LogP contribution in [0.1, 0.15) is 45.4 Å². The Kier molecular flexibility index (Phi) is 3.73. The molecular formula is C13H25N3O. The third kappa shape index (κ3) is 3.96. The summed E-state index contributed by atoms with van der Waals surface area (Å²) in [6.45, 7) is 4.06. The van der Waals surface area contributed by atoms with Crippen LogP contribution in [-0.4, -0.2) is 35.5 Å². The Morgan fingerprint density at radius 1 is 1.35 bits per heavy atom. The maximum absolute atomic E-state index is 11.1. The molecule has 17 heavy (non-hydrogen) atoms. The van der Waals surface area contributed by atoms with Crippen molar-refractivity contribution >= 4 is 5.91 Å². The summed E-state index contributed by atoms with van der Waals surface area (Å²) in [6.07, 6.45) is 7.17. The van der Waals surface area contributed by atoms with E-state index in [1.807, 2.05) is 0 Å². The first-order chi connectivity index (χ1) is 7.99. The molecular weight excluding hydrogens is 214 g/mol. The van der Waals surface area contributed by atoms with Crippen LogP contribution in [0.15, 0.2) is 0 Å². The first-order valence-electron chi connectivity index (χ1n) is 6.82. The number of carbonyl (C=O) groups is 1. The van der Waals surface area contributed by atoms with Crippen molar-refractivity contribution in [3.63, 3.8) is 0 Å². The highest BCUT2D eigenvalue weighted by atomic mass is 16.1. The van der Waals surface area contributed by atoms with Crippen LogP contribution in [0.5, 0.6) is 0 Å². The van der Waals surface area contributed by atoms with Gasteiger partial charge in [0.25, 0.3) is 0 Å². The molecule has 1 amide bonds. The first-order valence-corrected chi connectivity index (χ1v) is 6.82. The maximum Gasteiger partial charge on any atom is 0.237 e. The molecule has 98 valence electrons. The molecule has 2 rings (SSSR count). The molecule has 0 aromatic heterocycles. The highest BCUT2D eigenvalue weighted by Gasteiger charge is 2.34. The van der Waals surface area contributed by atoms with Gasteiger partial charge in [-0.25, -0.2) is 0 Å². The van der Waals surface area contributed by atoms with Crippen molar-refractivity contribution in [3.05, 3.63) is 0 Å². The van der Waals surface area contributed by atoms with E-state index in [-0.39, 0.29) is 0 Å². The third-order valence-electron chi connectivity index (χ3n) is 3.96. The molecule has 2 saturated carbocycles. The van der Waals surface area contributed by atoms with Crippen molar-refractivity contribution < 1.29 is 4.79 Å². The monoisotopic (exact) mass is 239 g/mol. The fourth-order valence-corrected chi connectivity index (χ4v) is 2.27. The zero-order chi connectivity index (χ0) is 12.5. The van der Waals surface area contributed by atoms with Crippen molar-refractivity contribution in [2.45, 2.75) is 57.0 Å². The molecule has 0 aromatic rings. The number of carbonyl (C=O) groups excluding carboxylic acids is 1. The van der Waals surface area contributed by atoms with Crippen LogP contribution in [0.25, 0.3) is 0 Å². The summed E-state index contributed by atoms with van der Waals surface area (Å²) in [7, 11) is 0. The molecule has 0 aliphatic heterocycles. The van der Waals surface area contributed by atoms with Gasteiger partial charge in [0.15, 0.2) is 0 Å². The van der Waals surface area contributed by atoms with Gasteiger partial charge in [-0.3, -0.25) is 4.79 Å². The maximum atomic E-state index is 11.1. The van der Waals surface area contributed by atoms with E-state index >= 15 is 0 Å². The number of hydrogen-bond donors (Lipinski definition) is 2. The number of nitrogens with zero attached hydrogens (tertiary/aromatic N) is 1. The van der Waals surface area contributed by atoms with Gasteiger partial charge in [-0.05, 0) is 57.9 Å². The van der Waals surface area contributed by atoms with Gasteiger partial charge in [0.05, 0.1) is 5.54 Å². The summed E-state index contributed by atoms with van der Waals surface area (Å²) in [5.41, 5.74) is 10.3. The van der Waals surface area contributed by atoms with Gasteiger partial charge < -0.3 is 16.4 Å². The average molecular weight is 239 g/mol. The van der Waals surface area contributed by atoms with Crippen molar-refractivity contribution in [2.24, 2.45) is 17.4 Å². The lowest BCUT2D eigenvalue weighted by Crippen LogP contribution is -2.49. The van der Waals surface area contributed by atoms with Crippen LogP contribution >= 0.6 is 0 Å². The van der Waals surface area contributed by atoms with Gasteiger partial charge in [0.1, 0.15) is 0 Å². The number of nitrogens with two attached hydrogens (primary N) is 2. The molecule has 2 aliphatic carbocycles. The van der Waals surface area contributed by atoms with E-state index in [1.54, 1.807) is 6.92 Å². The summed E-state index contributed by atoms with van der Waals surface area (Å²) >= 11 is 0. The fraction of sp³-hybridized carbons (Fsp3) is 0.923. The molecule has 0 aromatic carbocycles. The van der Waals surface area contributed by atoms with E-state index in [4.69, 9.17) is 11.5 Å². The number of primary amides is 1. The minimum Gasteiger partial charge on any atom is -0.368 e. The van der Waals surface area contributed by atoms with E-state index in [0.29, 0.717) is 6.42 Å². The molecule has 2 fully saturated rings. The minimum absolute atomic E-state index is 0.391. The second-order valence-electron chi connectivity index (χ2n) is 6.05. The molecule has 4 N–H and O–H groups in total. The van der Waals surface area contributed by atoms with Crippen LogP contribution in [0.3, 0.4) is 0 Å². The van der Waals surface area contributed by atoms with Crippen molar-refractivity contribution in [1.82, 2.24) is 4.90 Å². The van der Waals surface area contributed by atoms with E-state index in [9.17, 15) is 4.79 Å². The predicted octanol–water partition coefficient (Wildman–Crippen LogP) is 0.844. The second kappa shape index (κ2) is 4.94. The molecule has 0 bridgehead atoms. The van der Waals surface area contributed by atoms with Gasteiger partial charge in [-0.15, -0.1) is 0 Å². The van der Waals surface area contributed by atoms with Gasteiger partial charge in [0.2, 0.25) is 5.91 Å². The predicted molar refractivity (Wildman–Crippen MR) is 68.3 cm³/mol. The van der Waals surface area contributed by atoms with Crippen LogP contribution < -0.4 is 11.5 Å². The summed E-state index contributed by atoms with van der Waals surface area (Å²) in [5, 5.41) is 0. The lowest BCUT2D eigenvalue weighted by molar-refractivity contribution is -0.122. The largest absolute Gasteiger partial charge is 0.368 e. The van der Waals surface area contributed by atoms with Crippen LogP contribution in [0.4, 0.5) is 0 Å². The molecule has 1 atom stereocenters. The first kappa shape index (κ1) is 12.8. The van der Waals surface area contributed by atoms with Crippen LogP contribution in [0.2, 0.25) is 0 Å². The molecule has 0 radical (unpaired) electrons. The Morgan fingerprint density at radius 2 is 2.00 bits per heavy atom. The van der Waals surface area contributed by atoms with Crippen molar-refractivity contribution in [1.29, 1.82) is 0 Å². The van der Waals surface area contributed by atoms with E-state index in [1.165, 1.54) is 32.2 Å². The Balaban J connectivity index is 1.69. The van der Waals surface area contributed by atoms with Crippen molar-refractivity contribution in [3.8, 4) is 0 Å². The molecule has 0 heterocycles. The van der Waals surface area contributed by atoms with Gasteiger partial charge in [-0.2, -0.15) is 0 Å². The molecule has 1 unspecified atom stereocenters. The van der Waals surface area contributed by atoms with Gasteiger partial charge in [0, 0.05) is 12.6 Å². The lowest BCUT2D eigenvalue weighted by Gasteiger charge is -2.25. The Bertz CT molecular complexity index is 282. The topological polar surface area (TPSA) is 72.3 Å². The Hall–Kier alpha value is -0.610. The summed E-state index contributed by atoms with van der Waals surface area (Å²) in [6, 6.07) is 0.813. The number of amides is 1. The Labute approximate surface area is 104 Å². The lowest BCUT2D eigenvalue weighted by atomic mass is 9.96. The molecule has 0 saturated heterocycles. The highest BCUT2D eigenvalue weighted by molar-refractivity contribution is 5.83. The van der Waals surface area contributed by atoms with Crippen molar-refractivity contribution in [2.75, 3.05) is 13.1 Å². The van der Waals surface area contributed by atoms with E-state index in [0.717, 1.165) is 24.9 Å². The third-order valence-corrected chi connectivity index (χ3v) is 3.96. The van der Waals surface area contributed by atoms with Gasteiger partial charge >= 0.3 is 0 Å². The minimum atomic E-state index is -0.838. The highest BCUT2D eigenvalue weighted by Crippen LogP contribution is 2.34. The van der Waals surface area contributed by atoms with Crippen LogP contribution in [0, 0.1) is 5.92 Å². The summed E-state index contributed by atoms with van der Waals surface area (Å²) in [4.78, 5) is 13.7. The zero-order valence-corrected chi connectivity index (χ0v) is 10.8. The fourth-order valence-electron chi connectivity index (χ4n) is 2.27. The summed E-state index contributed by atoms with van der Waals surface area (Å²) in [5.74, 6) is 0.550. The number of rotatable bonds is 8. The smallest absolute Gasteiger partial charge is 0.237 e. The number of hydrogen-bond acceptors (Lipinski definition) is 3. The molecule has 2 aliphatic rings. The summed E-state index contributed by atoms with van der Waals surface area (Å²) < 4.78 is 0. The zero-order valence-electron chi connectivity index (χ0n) is 10.8. The van der Waals surface area contributed by atoms with Crippen LogP contribution in [-0.2, 0) is 4.79 Å². The SMILES string of the molecule is CC(N)(CCCN(CC1CC1)C1CC1)C(N)=O. The van der Waals surface area contributed by atoms with E-state index < -0.39 is 11.4 Å². The molecule has 4 nitrogen and oxygen atoms in total. The quantitative estimate of drug-likeness (QED) is 0.659. The second-order valence-corrected chi connectivity index (χ2v) is 6.05. The van der Waals surface area contributed by atoms with E-state index in [2.05, 4.69) is 4.90 Å². The Morgan fingerprint density at radius 3 is 2.47 bits per heavy atom.